The van der Waals surface area contributed by atoms with Crippen molar-refractivity contribution in [2.45, 2.75) is 6.54 Å². The van der Waals surface area contributed by atoms with Gasteiger partial charge in [0.05, 0.1) is 0 Å². The molecule has 21 heavy (non-hydrogen) atoms. The molecule has 0 saturated carbocycles. The maximum absolute atomic E-state index is 12.2. The van der Waals surface area contributed by atoms with Gasteiger partial charge in [0.25, 0.3) is 5.91 Å². The van der Waals surface area contributed by atoms with Gasteiger partial charge >= 0.3 is 0 Å². The molecule has 3 N–H and O–H groups in total. The van der Waals surface area contributed by atoms with E-state index in [2.05, 4.69) is 21.2 Å². The van der Waals surface area contributed by atoms with Crippen molar-refractivity contribution in [2.24, 2.45) is 0 Å². The van der Waals surface area contributed by atoms with Crippen molar-refractivity contribution < 1.29 is 14.3 Å². The van der Waals surface area contributed by atoms with Crippen molar-refractivity contribution in [2.75, 3.05) is 12.5 Å². The molecule has 1 aliphatic rings. The van der Waals surface area contributed by atoms with Crippen LogP contribution in [0.25, 0.3) is 0 Å². The summed E-state index contributed by atoms with van der Waals surface area (Å²) >= 11 is 3.32. The van der Waals surface area contributed by atoms with E-state index in [1.54, 1.807) is 18.2 Å². The summed E-state index contributed by atoms with van der Waals surface area (Å²) in [6.45, 7) is 0.570. The Balaban J connectivity index is 1.73. The van der Waals surface area contributed by atoms with Crippen molar-refractivity contribution in [3.8, 4) is 11.5 Å². The maximum atomic E-state index is 12.2. The van der Waals surface area contributed by atoms with E-state index in [0.29, 0.717) is 29.3 Å². The number of carbonyl (C=O) groups excluding carboxylic acids is 1. The first-order valence-electron chi connectivity index (χ1n) is 6.35. The molecule has 6 heteroatoms. The topological polar surface area (TPSA) is 73.6 Å². The third-order valence-electron chi connectivity index (χ3n) is 3.10. The molecule has 2 aromatic carbocycles. The number of nitrogens with one attached hydrogen (secondary N) is 1. The van der Waals surface area contributed by atoms with E-state index >= 15 is 0 Å². The summed E-state index contributed by atoms with van der Waals surface area (Å²) in [5, 5.41) is 2.85. The van der Waals surface area contributed by atoms with Crippen LogP contribution in [0.3, 0.4) is 0 Å². The minimum absolute atomic E-state index is 0.195. The molecule has 0 saturated heterocycles. The molecule has 1 amide bonds. The molecule has 0 unspecified atom stereocenters. The van der Waals surface area contributed by atoms with E-state index in [0.717, 1.165) is 10.0 Å². The fourth-order valence-electron chi connectivity index (χ4n) is 2.15. The van der Waals surface area contributed by atoms with Gasteiger partial charge in [-0.25, -0.2) is 0 Å². The van der Waals surface area contributed by atoms with Gasteiger partial charge in [0, 0.05) is 27.8 Å². The average molecular weight is 349 g/mol. The van der Waals surface area contributed by atoms with Crippen LogP contribution in [0.1, 0.15) is 15.9 Å². The van der Waals surface area contributed by atoms with E-state index in [-0.39, 0.29) is 12.7 Å². The number of ether oxygens (including phenoxy) is 2. The Morgan fingerprint density at radius 2 is 2.14 bits per heavy atom. The zero-order chi connectivity index (χ0) is 14.8. The third-order valence-corrected chi connectivity index (χ3v) is 3.56. The first kappa shape index (κ1) is 13.8. The Morgan fingerprint density at radius 1 is 1.29 bits per heavy atom. The molecule has 0 fully saturated rings. The number of nitrogen functional groups attached to an aromatic ring is 1. The molecule has 0 atom stereocenters. The monoisotopic (exact) mass is 348 g/mol. The molecule has 108 valence electrons. The number of carbonyl (C=O) groups is 1. The number of benzene rings is 2. The van der Waals surface area contributed by atoms with Gasteiger partial charge in [-0.3, -0.25) is 4.79 Å². The second-order valence-electron chi connectivity index (χ2n) is 4.61. The summed E-state index contributed by atoms with van der Waals surface area (Å²) in [6, 6.07) is 10.7. The van der Waals surface area contributed by atoms with Crippen LogP contribution >= 0.6 is 15.9 Å². The fraction of sp³-hybridized carbons (Fsp3) is 0.133. The summed E-state index contributed by atoms with van der Waals surface area (Å²) < 4.78 is 11.5. The minimum Gasteiger partial charge on any atom is -0.454 e. The molecule has 0 radical (unpaired) electrons. The van der Waals surface area contributed by atoms with E-state index < -0.39 is 0 Å². The van der Waals surface area contributed by atoms with Gasteiger partial charge in [0.2, 0.25) is 6.79 Å². The number of para-hydroxylation sites is 1. The summed E-state index contributed by atoms with van der Waals surface area (Å²) in [6.07, 6.45) is 0. The molecule has 0 spiro atoms. The van der Waals surface area contributed by atoms with Gasteiger partial charge in [-0.2, -0.15) is 0 Å². The highest BCUT2D eigenvalue weighted by Gasteiger charge is 2.17. The van der Waals surface area contributed by atoms with Crippen molar-refractivity contribution >= 4 is 27.5 Å². The number of nitrogens with two attached hydrogens (primary N) is 1. The normalized spacial score (nSPS) is 12.2. The van der Waals surface area contributed by atoms with E-state index in [1.165, 1.54) is 0 Å². The van der Waals surface area contributed by atoms with E-state index in [1.807, 2.05) is 18.2 Å². The van der Waals surface area contributed by atoms with Crippen LogP contribution in [0, 0.1) is 0 Å². The van der Waals surface area contributed by atoms with Gasteiger partial charge in [-0.05, 0) is 24.3 Å². The SMILES string of the molecule is Nc1cc(Br)cc(C(=O)NCc2cccc3c2OCO3)c1. The predicted octanol–water partition coefficient (Wildman–Crippen LogP) is 2.69. The quantitative estimate of drug-likeness (QED) is 0.836. The molecule has 2 aromatic rings. The summed E-state index contributed by atoms with van der Waals surface area (Å²) in [5.74, 6) is 1.19. The lowest BCUT2D eigenvalue weighted by molar-refractivity contribution is 0.0950. The van der Waals surface area contributed by atoms with Gasteiger partial charge in [-0.15, -0.1) is 0 Å². The van der Waals surface area contributed by atoms with Crippen LogP contribution in [-0.4, -0.2) is 12.7 Å². The highest BCUT2D eigenvalue weighted by Crippen LogP contribution is 2.35. The van der Waals surface area contributed by atoms with Crippen LogP contribution in [-0.2, 0) is 6.54 Å². The Bertz CT molecular complexity index is 683. The smallest absolute Gasteiger partial charge is 0.251 e. The lowest BCUT2D eigenvalue weighted by Crippen LogP contribution is -2.23. The van der Waals surface area contributed by atoms with Crippen LogP contribution in [0.5, 0.6) is 11.5 Å². The van der Waals surface area contributed by atoms with Crippen molar-refractivity contribution in [1.29, 1.82) is 0 Å². The number of halogens is 1. The summed E-state index contributed by atoms with van der Waals surface area (Å²) in [4.78, 5) is 12.2. The Morgan fingerprint density at radius 3 is 2.95 bits per heavy atom. The minimum atomic E-state index is -0.195. The van der Waals surface area contributed by atoms with Gasteiger partial charge in [0.15, 0.2) is 11.5 Å². The molecular weight excluding hydrogens is 336 g/mol. The van der Waals surface area contributed by atoms with Gasteiger partial charge in [-0.1, -0.05) is 28.1 Å². The molecule has 1 heterocycles. The standard InChI is InChI=1S/C15H13BrN2O3/c16-11-4-10(5-12(17)6-11)15(19)18-7-9-2-1-3-13-14(9)21-8-20-13/h1-6H,7-8,17H2,(H,18,19). The van der Waals surface area contributed by atoms with Crippen molar-refractivity contribution in [3.05, 3.63) is 52.0 Å². The summed E-state index contributed by atoms with van der Waals surface area (Å²) in [5.41, 5.74) is 7.65. The van der Waals surface area contributed by atoms with E-state index in [9.17, 15) is 4.79 Å². The number of amides is 1. The number of hydrogen-bond acceptors (Lipinski definition) is 4. The lowest BCUT2D eigenvalue weighted by Gasteiger charge is -2.08. The Kier molecular flexibility index (Phi) is 3.70. The molecular formula is C15H13BrN2O3. The number of fused-ring (bicyclic) bond motifs is 1. The second-order valence-corrected chi connectivity index (χ2v) is 5.52. The highest BCUT2D eigenvalue weighted by molar-refractivity contribution is 9.10. The molecule has 3 rings (SSSR count). The van der Waals surface area contributed by atoms with Crippen LogP contribution in [0.15, 0.2) is 40.9 Å². The number of hydrogen-bond donors (Lipinski definition) is 2. The zero-order valence-electron chi connectivity index (χ0n) is 11.1. The van der Waals surface area contributed by atoms with Crippen LogP contribution < -0.4 is 20.5 Å². The molecule has 5 nitrogen and oxygen atoms in total. The maximum Gasteiger partial charge on any atom is 0.251 e. The van der Waals surface area contributed by atoms with Gasteiger partial charge < -0.3 is 20.5 Å². The molecule has 1 aliphatic heterocycles. The first-order chi connectivity index (χ1) is 10.1. The Labute approximate surface area is 130 Å². The first-order valence-corrected chi connectivity index (χ1v) is 7.14. The van der Waals surface area contributed by atoms with E-state index in [4.69, 9.17) is 15.2 Å². The predicted molar refractivity (Wildman–Crippen MR) is 82.3 cm³/mol. The van der Waals surface area contributed by atoms with Crippen LogP contribution in [0.2, 0.25) is 0 Å². The largest absolute Gasteiger partial charge is 0.454 e. The molecule has 0 aliphatic carbocycles. The number of rotatable bonds is 3. The lowest BCUT2D eigenvalue weighted by atomic mass is 10.1. The Hall–Kier alpha value is -2.21. The average Bonchev–Trinajstić information content (AvgIpc) is 2.92. The van der Waals surface area contributed by atoms with Crippen LogP contribution in [0.4, 0.5) is 5.69 Å². The highest BCUT2D eigenvalue weighted by atomic mass is 79.9. The third kappa shape index (κ3) is 2.95. The van der Waals surface area contributed by atoms with Crippen molar-refractivity contribution in [3.63, 3.8) is 0 Å². The zero-order valence-corrected chi connectivity index (χ0v) is 12.6. The number of anilines is 1. The second kappa shape index (κ2) is 5.65. The van der Waals surface area contributed by atoms with Crippen molar-refractivity contribution in [1.82, 2.24) is 5.32 Å². The molecule has 0 bridgehead atoms. The summed E-state index contributed by atoms with van der Waals surface area (Å²) in [7, 11) is 0. The van der Waals surface area contributed by atoms with Gasteiger partial charge in [0.1, 0.15) is 0 Å². The molecule has 0 aromatic heterocycles. The fourth-order valence-corrected chi connectivity index (χ4v) is 2.66.